The van der Waals surface area contributed by atoms with Crippen LogP contribution in [0.1, 0.15) is 23.1 Å². The van der Waals surface area contributed by atoms with Crippen LogP contribution in [0.3, 0.4) is 0 Å². The number of aromatic amines is 1. The largest absolute Gasteiger partial charge is 0.493 e. The summed E-state index contributed by atoms with van der Waals surface area (Å²) in [5, 5.41) is 9.10. The Kier molecular flexibility index (Phi) is 4.19. The minimum atomic E-state index is -0.312. The number of hydrogen-bond acceptors (Lipinski definition) is 5. The van der Waals surface area contributed by atoms with Gasteiger partial charge in [0.15, 0.2) is 11.5 Å². The maximum absolute atomic E-state index is 12.1. The highest BCUT2D eigenvalue weighted by Crippen LogP contribution is 2.28. The third-order valence-corrected chi connectivity index (χ3v) is 2.55. The maximum atomic E-state index is 12.1. The lowest BCUT2D eigenvalue weighted by atomic mass is 10.2. The van der Waals surface area contributed by atoms with Gasteiger partial charge in [0.25, 0.3) is 5.91 Å². The second-order valence-electron chi connectivity index (χ2n) is 4.00. The lowest BCUT2D eigenvalue weighted by molar-refractivity contribution is 0.102. The second kappa shape index (κ2) is 6.05. The van der Waals surface area contributed by atoms with Crippen LogP contribution >= 0.6 is 0 Å². The van der Waals surface area contributed by atoms with E-state index in [1.54, 1.807) is 32.2 Å². The minimum Gasteiger partial charge on any atom is -0.493 e. The van der Waals surface area contributed by atoms with Crippen LogP contribution in [0.5, 0.6) is 11.5 Å². The van der Waals surface area contributed by atoms with Gasteiger partial charge in [0.05, 0.1) is 13.7 Å². The fraction of sp³-hybridized carbons (Fsp3) is 0.308. The first-order valence-corrected chi connectivity index (χ1v) is 6.15. The van der Waals surface area contributed by atoms with E-state index in [9.17, 15) is 4.79 Å². The zero-order valence-corrected chi connectivity index (χ0v) is 11.6. The van der Waals surface area contributed by atoms with Crippen molar-refractivity contribution < 1.29 is 14.3 Å². The molecular formula is C13H16N4O3. The third kappa shape index (κ3) is 3.05. The van der Waals surface area contributed by atoms with E-state index >= 15 is 0 Å². The fourth-order valence-corrected chi connectivity index (χ4v) is 1.66. The van der Waals surface area contributed by atoms with E-state index in [-0.39, 0.29) is 11.9 Å². The fourth-order valence-electron chi connectivity index (χ4n) is 1.66. The molecule has 0 saturated heterocycles. The Labute approximate surface area is 116 Å². The lowest BCUT2D eigenvalue weighted by Gasteiger charge is -2.10. The van der Waals surface area contributed by atoms with Gasteiger partial charge in [-0.1, -0.05) is 0 Å². The molecule has 0 atom stereocenters. The van der Waals surface area contributed by atoms with Crippen LogP contribution in [0.15, 0.2) is 18.2 Å². The van der Waals surface area contributed by atoms with Crippen molar-refractivity contribution in [1.82, 2.24) is 15.2 Å². The number of nitrogens with zero attached hydrogens (tertiary/aromatic N) is 2. The standard InChI is InChI=1S/C13H16N4O3/c1-4-20-11-7-9(5-6-10(11)19-3)12(18)15-13-14-8(2)16-17-13/h5-7H,4H2,1-3H3,(H2,14,15,16,17,18). The number of aromatic nitrogens is 3. The van der Waals surface area contributed by atoms with Crippen molar-refractivity contribution in [2.75, 3.05) is 19.0 Å². The second-order valence-corrected chi connectivity index (χ2v) is 4.00. The van der Waals surface area contributed by atoms with Crippen LogP contribution < -0.4 is 14.8 Å². The summed E-state index contributed by atoms with van der Waals surface area (Å²) >= 11 is 0. The first-order valence-electron chi connectivity index (χ1n) is 6.15. The monoisotopic (exact) mass is 276 g/mol. The molecule has 2 rings (SSSR count). The molecule has 0 spiro atoms. The minimum absolute atomic E-state index is 0.237. The molecule has 2 N–H and O–H groups in total. The first kappa shape index (κ1) is 13.9. The molecule has 0 unspecified atom stereocenters. The molecule has 1 heterocycles. The average Bonchev–Trinajstić information content (AvgIpc) is 2.84. The number of aryl methyl sites for hydroxylation is 1. The maximum Gasteiger partial charge on any atom is 0.258 e. The van der Waals surface area contributed by atoms with E-state index in [1.807, 2.05) is 6.92 Å². The van der Waals surface area contributed by atoms with Gasteiger partial charge < -0.3 is 9.47 Å². The number of H-pyrrole nitrogens is 1. The summed E-state index contributed by atoms with van der Waals surface area (Å²) in [6.07, 6.45) is 0. The zero-order valence-electron chi connectivity index (χ0n) is 11.6. The van der Waals surface area contributed by atoms with Crippen molar-refractivity contribution in [3.63, 3.8) is 0 Å². The molecular weight excluding hydrogens is 260 g/mol. The molecule has 7 heteroatoms. The Bertz CT molecular complexity index is 609. The molecule has 1 amide bonds. The molecule has 106 valence electrons. The highest BCUT2D eigenvalue weighted by molar-refractivity contribution is 6.03. The summed E-state index contributed by atoms with van der Waals surface area (Å²) in [4.78, 5) is 16.1. The Morgan fingerprint density at radius 3 is 2.80 bits per heavy atom. The van der Waals surface area contributed by atoms with E-state index in [1.165, 1.54) is 0 Å². The number of carbonyl (C=O) groups is 1. The van der Waals surface area contributed by atoms with Gasteiger partial charge in [-0.2, -0.15) is 4.98 Å². The Morgan fingerprint density at radius 2 is 2.20 bits per heavy atom. The van der Waals surface area contributed by atoms with Crippen LogP contribution in [-0.2, 0) is 0 Å². The predicted molar refractivity (Wildman–Crippen MR) is 73.2 cm³/mol. The average molecular weight is 276 g/mol. The first-order chi connectivity index (χ1) is 9.63. The van der Waals surface area contributed by atoms with Gasteiger partial charge in [0.1, 0.15) is 5.82 Å². The van der Waals surface area contributed by atoms with Gasteiger partial charge in [0, 0.05) is 5.56 Å². The van der Waals surface area contributed by atoms with Crippen LogP contribution in [0.2, 0.25) is 0 Å². The van der Waals surface area contributed by atoms with Crippen molar-refractivity contribution in [2.45, 2.75) is 13.8 Å². The van der Waals surface area contributed by atoms with Gasteiger partial charge in [-0.15, -0.1) is 5.10 Å². The van der Waals surface area contributed by atoms with E-state index < -0.39 is 0 Å². The van der Waals surface area contributed by atoms with Crippen LogP contribution in [0.4, 0.5) is 5.95 Å². The Balaban J connectivity index is 2.19. The molecule has 2 aromatic rings. The van der Waals surface area contributed by atoms with Crippen molar-refractivity contribution >= 4 is 11.9 Å². The van der Waals surface area contributed by atoms with Crippen LogP contribution in [0, 0.1) is 6.92 Å². The quantitative estimate of drug-likeness (QED) is 0.868. The molecule has 20 heavy (non-hydrogen) atoms. The topological polar surface area (TPSA) is 89.1 Å². The molecule has 0 aliphatic rings. The molecule has 0 aliphatic carbocycles. The zero-order chi connectivity index (χ0) is 14.5. The number of amides is 1. The van der Waals surface area contributed by atoms with E-state index in [4.69, 9.17) is 9.47 Å². The van der Waals surface area contributed by atoms with Gasteiger partial charge in [-0.05, 0) is 32.0 Å². The molecule has 0 fully saturated rings. The molecule has 0 radical (unpaired) electrons. The van der Waals surface area contributed by atoms with Crippen molar-refractivity contribution in [2.24, 2.45) is 0 Å². The summed E-state index contributed by atoms with van der Waals surface area (Å²) in [6, 6.07) is 4.95. The predicted octanol–water partition coefficient (Wildman–Crippen LogP) is 1.77. The molecule has 1 aromatic carbocycles. The van der Waals surface area contributed by atoms with E-state index in [0.29, 0.717) is 29.5 Å². The number of hydrogen-bond donors (Lipinski definition) is 2. The SMILES string of the molecule is CCOc1cc(C(=O)Nc2n[nH]c(C)n2)ccc1OC. The van der Waals surface area contributed by atoms with Gasteiger partial charge in [-0.25, -0.2) is 0 Å². The number of nitrogens with one attached hydrogen (secondary N) is 2. The molecule has 7 nitrogen and oxygen atoms in total. The Hall–Kier alpha value is -2.57. The molecule has 0 saturated carbocycles. The lowest BCUT2D eigenvalue weighted by Crippen LogP contribution is -2.13. The van der Waals surface area contributed by atoms with Crippen LogP contribution in [0.25, 0.3) is 0 Å². The van der Waals surface area contributed by atoms with Gasteiger partial charge in [0.2, 0.25) is 5.95 Å². The highest BCUT2D eigenvalue weighted by Gasteiger charge is 2.12. The molecule has 0 bridgehead atoms. The van der Waals surface area contributed by atoms with E-state index in [2.05, 4.69) is 20.5 Å². The Morgan fingerprint density at radius 1 is 1.40 bits per heavy atom. The molecule has 0 aliphatic heterocycles. The summed E-state index contributed by atoms with van der Waals surface area (Å²) in [5.74, 6) is 1.66. The third-order valence-electron chi connectivity index (χ3n) is 2.55. The molecule has 1 aromatic heterocycles. The number of benzene rings is 1. The van der Waals surface area contributed by atoms with Crippen molar-refractivity contribution in [1.29, 1.82) is 0 Å². The summed E-state index contributed by atoms with van der Waals surface area (Å²) in [5.41, 5.74) is 0.441. The summed E-state index contributed by atoms with van der Waals surface area (Å²) in [6.45, 7) is 4.10. The van der Waals surface area contributed by atoms with Crippen molar-refractivity contribution in [3.05, 3.63) is 29.6 Å². The van der Waals surface area contributed by atoms with Gasteiger partial charge in [-0.3, -0.25) is 15.2 Å². The number of methoxy groups -OCH3 is 1. The van der Waals surface area contributed by atoms with E-state index in [0.717, 1.165) is 0 Å². The number of carbonyl (C=O) groups excluding carboxylic acids is 1. The smallest absolute Gasteiger partial charge is 0.258 e. The summed E-state index contributed by atoms with van der Waals surface area (Å²) in [7, 11) is 1.55. The normalized spacial score (nSPS) is 10.2. The number of ether oxygens (including phenoxy) is 2. The summed E-state index contributed by atoms with van der Waals surface area (Å²) < 4.78 is 10.6. The van der Waals surface area contributed by atoms with Gasteiger partial charge >= 0.3 is 0 Å². The van der Waals surface area contributed by atoms with Crippen LogP contribution in [-0.4, -0.2) is 34.8 Å². The number of rotatable bonds is 5. The highest BCUT2D eigenvalue weighted by atomic mass is 16.5. The number of anilines is 1. The van der Waals surface area contributed by atoms with Crippen molar-refractivity contribution in [3.8, 4) is 11.5 Å².